The number of nitrogens with zero attached hydrogens (tertiary/aromatic N) is 1. The minimum atomic E-state index is -2.63. The van der Waals surface area contributed by atoms with Crippen LogP contribution in [-0.4, -0.2) is 22.8 Å². The van der Waals surface area contributed by atoms with E-state index < -0.39 is 11.7 Å². The first-order valence-electron chi connectivity index (χ1n) is 7.39. The number of aromatic nitrogens is 1. The Morgan fingerprint density at radius 1 is 1.25 bits per heavy atom. The summed E-state index contributed by atoms with van der Waals surface area (Å²) in [6.07, 6.45) is 1.47. The molecule has 0 aliphatic rings. The van der Waals surface area contributed by atoms with Gasteiger partial charge in [0.15, 0.2) is 0 Å². The van der Waals surface area contributed by atoms with Gasteiger partial charge in [-0.1, -0.05) is 12.1 Å². The van der Waals surface area contributed by atoms with E-state index in [4.69, 9.17) is 4.74 Å². The molecule has 4 nitrogen and oxygen atoms in total. The molecule has 7 heteroatoms. The Kier molecular flexibility index (Phi) is 6.54. The van der Waals surface area contributed by atoms with E-state index in [0.717, 1.165) is 11.3 Å². The van der Waals surface area contributed by atoms with Gasteiger partial charge in [0.2, 0.25) is 0 Å². The van der Waals surface area contributed by atoms with Gasteiger partial charge in [-0.15, -0.1) is 0 Å². The van der Waals surface area contributed by atoms with E-state index in [1.54, 1.807) is 6.07 Å². The molecular weight excluding hydrogens is 334 g/mol. The number of benzene rings is 1. The van der Waals surface area contributed by atoms with Crippen LogP contribution in [0.1, 0.15) is 29.8 Å². The van der Waals surface area contributed by atoms with Crippen LogP contribution in [0.5, 0.6) is 5.75 Å². The Bertz CT molecular complexity index is 679. The molecule has 1 heterocycles. The Labute approximate surface area is 143 Å². The van der Waals surface area contributed by atoms with Crippen molar-refractivity contribution in [2.45, 2.75) is 37.3 Å². The molecule has 0 saturated heterocycles. The zero-order chi connectivity index (χ0) is 17.5. The standard InChI is InChI=1S/C17H18F2N2O2S/c1-11(2)23-13-7-5-12(6-8-13)10-21-15(22)14-4-3-9-20-16(14)24-17(18)19/h3-9,11,17H,10H2,1-2H3,(H,21,22). The predicted octanol–water partition coefficient (Wildman–Crippen LogP) is 4.11. The van der Waals surface area contributed by atoms with Crippen molar-refractivity contribution in [2.75, 3.05) is 0 Å². The van der Waals surface area contributed by atoms with Crippen LogP contribution in [-0.2, 0) is 6.54 Å². The summed E-state index contributed by atoms with van der Waals surface area (Å²) in [6, 6.07) is 10.4. The Morgan fingerprint density at radius 2 is 1.96 bits per heavy atom. The highest BCUT2D eigenvalue weighted by Crippen LogP contribution is 2.26. The summed E-state index contributed by atoms with van der Waals surface area (Å²) >= 11 is 0.261. The van der Waals surface area contributed by atoms with Gasteiger partial charge < -0.3 is 10.1 Å². The van der Waals surface area contributed by atoms with Gasteiger partial charge in [0.05, 0.1) is 11.7 Å². The first-order chi connectivity index (χ1) is 11.5. The van der Waals surface area contributed by atoms with Crippen molar-refractivity contribution in [1.82, 2.24) is 10.3 Å². The maximum absolute atomic E-state index is 12.5. The van der Waals surface area contributed by atoms with Crippen LogP contribution in [0.3, 0.4) is 0 Å². The van der Waals surface area contributed by atoms with Gasteiger partial charge >= 0.3 is 0 Å². The van der Waals surface area contributed by atoms with Gasteiger partial charge in [-0.3, -0.25) is 4.79 Å². The highest BCUT2D eigenvalue weighted by atomic mass is 32.2. The Hall–Kier alpha value is -2.15. The highest BCUT2D eigenvalue weighted by molar-refractivity contribution is 7.99. The highest BCUT2D eigenvalue weighted by Gasteiger charge is 2.16. The quantitative estimate of drug-likeness (QED) is 0.762. The molecule has 0 radical (unpaired) electrons. The van der Waals surface area contributed by atoms with E-state index in [0.29, 0.717) is 0 Å². The Morgan fingerprint density at radius 3 is 2.58 bits per heavy atom. The summed E-state index contributed by atoms with van der Waals surface area (Å²) in [5.41, 5.74) is 1.02. The zero-order valence-electron chi connectivity index (χ0n) is 13.3. The summed E-state index contributed by atoms with van der Waals surface area (Å²) in [5, 5.41) is 2.73. The molecule has 1 amide bonds. The van der Waals surface area contributed by atoms with Crippen LogP contribution in [0.15, 0.2) is 47.6 Å². The molecule has 0 unspecified atom stereocenters. The lowest BCUT2D eigenvalue weighted by molar-refractivity contribution is 0.0947. The number of hydrogen-bond donors (Lipinski definition) is 1. The average Bonchev–Trinajstić information content (AvgIpc) is 2.53. The molecule has 0 bridgehead atoms. The molecule has 0 atom stereocenters. The lowest BCUT2D eigenvalue weighted by Gasteiger charge is -2.11. The second kappa shape index (κ2) is 8.63. The van der Waals surface area contributed by atoms with Gasteiger partial charge in [-0.05, 0) is 55.4 Å². The Balaban J connectivity index is 1.98. The number of nitrogens with one attached hydrogen (secondary N) is 1. The predicted molar refractivity (Wildman–Crippen MR) is 89.5 cm³/mol. The molecule has 0 aliphatic heterocycles. The lowest BCUT2D eigenvalue weighted by atomic mass is 10.2. The minimum Gasteiger partial charge on any atom is -0.491 e. The number of rotatable bonds is 7. The summed E-state index contributed by atoms with van der Waals surface area (Å²) in [4.78, 5) is 16.0. The number of halogens is 2. The molecule has 0 fully saturated rings. The van der Waals surface area contributed by atoms with Crippen LogP contribution in [0.2, 0.25) is 0 Å². The largest absolute Gasteiger partial charge is 0.491 e. The van der Waals surface area contributed by atoms with Crippen molar-refractivity contribution in [3.05, 3.63) is 53.7 Å². The number of ether oxygens (including phenoxy) is 1. The summed E-state index contributed by atoms with van der Waals surface area (Å²) in [6.45, 7) is 4.17. The van der Waals surface area contributed by atoms with Gasteiger partial charge in [0.1, 0.15) is 10.8 Å². The number of thioether (sulfide) groups is 1. The van der Waals surface area contributed by atoms with Crippen molar-refractivity contribution < 1.29 is 18.3 Å². The number of pyridine rings is 1. The fourth-order valence-electron chi connectivity index (χ4n) is 1.98. The minimum absolute atomic E-state index is 0.0191. The summed E-state index contributed by atoms with van der Waals surface area (Å²) < 4.78 is 30.6. The number of carbonyl (C=O) groups is 1. The third-order valence-corrected chi connectivity index (χ3v) is 3.69. The third kappa shape index (κ3) is 5.49. The first-order valence-corrected chi connectivity index (χ1v) is 8.27. The number of alkyl halides is 2. The number of hydrogen-bond acceptors (Lipinski definition) is 4. The van der Waals surface area contributed by atoms with E-state index >= 15 is 0 Å². The summed E-state index contributed by atoms with van der Waals surface area (Å²) in [5.74, 6) is -2.31. The third-order valence-electron chi connectivity index (χ3n) is 2.96. The molecule has 0 aliphatic carbocycles. The maximum Gasteiger partial charge on any atom is 0.290 e. The van der Waals surface area contributed by atoms with Gasteiger partial charge in [-0.2, -0.15) is 8.78 Å². The topological polar surface area (TPSA) is 51.2 Å². The smallest absolute Gasteiger partial charge is 0.290 e. The second-order valence-electron chi connectivity index (χ2n) is 5.23. The van der Waals surface area contributed by atoms with E-state index in [9.17, 15) is 13.6 Å². The van der Waals surface area contributed by atoms with Crippen molar-refractivity contribution in [2.24, 2.45) is 0 Å². The van der Waals surface area contributed by atoms with Crippen molar-refractivity contribution >= 4 is 17.7 Å². The number of amides is 1. The number of carbonyl (C=O) groups excluding carboxylic acids is 1. The van der Waals surface area contributed by atoms with Gasteiger partial charge in [0, 0.05) is 12.7 Å². The monoisotopic (exact) mass is 352 g/mol. The van der Waals surface area contributed by atoms with Crippen LogP contribution in [0.4, 0.5) is 8.78 Å². The normalized spacial score (nSPS) is 10.9. The molecule has 128 valence electrons. The van der Waals surface area contributed by atoms with E-state index in [1.165, 1.54) is 12.3 Å². The molecule has 1 aromatic carbocycles. The van der Waals surface area contributed by atoms with E-state index in [-0.39, 0.29) is 35.0 Å². The average molecular weight is 352 g/mol. The molecular formula is C17H18F2N2O2S. The van der Waals surface area contributed by atoms with Crippen molar-refractivity contribution in [3.8, 4) is 5.75 Å². The zero-order valence-corrected chi connectivity index (χ0v) is 14.1. The summed E-state index contributed by atoms with van der Waals surface area (Å²) in [7, 11) is 0. The van der Waals surface area contributed by atoms with Crippen LogP contribution >= 0.6 is 11.8 Å². The second-order valence-corrected chi connectivity index (χ2v) is 6.21. The molecule has 2 aromatic rings. The first kappa shape index (κ1) is 18.2. The maximum atomic E-state index is 12.5. The van der Waals surface area contributed by atoms with Crippen LogP contribution < -0.4 is 10.1 Å². The van der Waals surface area contributed by atoms with Gasteiger partial charge in [0.25, 0.3) is 11.7 Å². The molecule has 24 heavy (non-hydrogen) atoms. The molecule has 2 rings (SSSR count). The molecule has 0 saturated carbocycles. The fraction of sp³-hybridized carbons (Fsp3) is 0.294. The SMILES string of the molecule is CC(C)Oc1ccc(CNC(=O)c2cccnc2SC(F)F)cc1. The van der Waals surface area contributed by atoms with Crippen LogP contribution in [0, 0.1) is 0 Å². The van der Waals surface area contributed by atoms with Crippen molar-refractivity contribution in [1.29, 1.82) is 0 Å². The molecule has 1 N–H and O–H groups in total. The van der Waals surface area contributed by atoms with Gasteiger partial charge in [-0.25, -0.2) is 4.98 Å². The molecule has 1 aromatic heterocycles. The van der Waals surface area contributed by atoms with E-state index in [1.807, 2.05) is 38.1 Å². The fourth-order valence-corrected chi connectivity index (χ4v) is 2.56. The lowest BCUT2D eigenvalue weighted by Crippen LogP contribution is -2.23. The van der Waals surface area contributed by atoms with Crippen LogP contribution in [0.25, 0.3) is 0 Å². The van der Waals surface area contributed by atoms with Crippen molar-refractivity contribution in [3.63, 3.8) is 0 Å². The van der Waals surface area contributed by atoms with E-state index in [2.05, 4.69) is 10.3 Å². The molecule has 0 spiro atoms.